The topological polar surface area (TPSA) is 70.7 Å². The smallest absolute Gasteiger partial charge is 0.154 e. The Morgan fingerprint density at radius 1 is 0.800 bits per heavy atom. The lowest BCUT2D eigenvalue weighted by Gasteiger charge is -2.06. The normalized spacial score (nSPS) is 11.1. The summed E-state index contributed by atoms with van der Waals surface area (Å²) in [6.07, 6.45) is 1.78. The number of imidazole rings is 1. The van der Waals surface area contributed by atoms with E-state index >= 15 is 0 Å². The van der Waals surface area contributed by atoms with Crippen LogP contribution in [0.25, 0.3) is 28.2 Å². The molecule has 2 heterocycles. The average Bonchev–Trinajstić information content (AvgIpc) is 3.11. The molecule has 0 aliphatic carbocycles. The van der Waals surface area contributed by atoms with Gasteiger partial charge in [0.2, 0.25) is 0 Å². The maximum absolute atomic E-state index is 9.36. The molecular weight excluding hydrogens is 314 g/mol. The van der Waals surface area contributed by atoms with Crippen molar-refractivity contribution in [3.63, 3.8) is 0 Å². The Morgan fingerprint density at radius 2 is 1.48 bits per heavy atom. The fourth-order valence-corrected chi connectivity index (χ4v) is 2.88. The second-order valence-electron chi connectivity index (χ2n) is 5.85. The molecule has 0 aliphatic heterocycles. The molecule has 5 nitrogen and oxygen atoms in total. The van der Waals surface area contributed by atoms with Gasteiger partial charge in [-0.3, -0.25) is 0 Å². The van der Waals surface area contributed by atoms with Crippen molar-refractivity contribution in [1.82, 2.24) is 14.6 Å². The summed E-state index contributed by atoms with van der Waals surface area (Å²) in [5.41, 5.74) is 6.02. The molecular formula is C20H17N3O2. The SMILES string of the molecule is OCc1cccc(-c2ccc3ncc(-c4cccc(CO)c4)n3n2)c1. The third kappa shape index (κ3) is 2.91. The Bertz CT molecular complexity index is 1040. The first-order valence-electron chi connectivity index (χ1n) is 8.03. The van der Waals surface area contributed by atoms with Crippen molar-refractivity contribution in [3.05, 3.63) is 78.0 Å². The lowest BCUT2D eigenvalue weighted by Crippen LogP contribution is -1.97. The monoisotopic (exact) mass is 331 g/mol. The number of rotatable bonds is 4. The zero-order valence-electron chi connectivity index (χ0n) is 13.5. The van der Waals surface area contributed by atoms with Crippen LogP contribution in [0.1, 0.15) is 11.1 Å². The van der Waals surface area contributed by atoms with Gasteiger partial charge in [0.25, 0.3) is 0 Å². The van der Waals surface area contributed by atoms with Crippen LogP contribution in [0.2, 0.25) is 0 Å². The number of aliphatic hydroxyl groups excluding tert-OH is 2. The molecule has 0 radical (unpaired) electrons. The molecule has 0 spiro atoms. The van der Waals surface area contributed by atoms with E-state index in [0.29, 0.717) is 0 Å². The molecule has 0 aliphatic rings. The molecule has 5 heteroatoms. The summed E-state index contributed by atoms with van der Waals surface area (Å²) < 4.78 is 1.80. The number of aliphatic hydroxyl groups is 2. The van der Waals surface area contributed by atoms with Gasteiger partial charge in [-0.05, 0) is 35.4 Å². The van der Waals surface area contributed by atoms with E-state index in [2.05, 4.69) is 4.98 Å². The van der Waals surface area contributed by atoms with Gasteiger partial charge in [-0.25, -0.2) is 9.50 Å². The van der Waals surface area contributed by atoms with Gasteiger partial charge < -0.3 is 10.2 Å². The number of benzene rings is 2. The molecule has 2 N–H and O–H groups in total. The van der Waals surface area contributed by atoms with Crippen LogP contribution in [0.3, 0.4) is 0 Å². The van der Waals surface area contributed by atoms with Crippen LogP contribution in [0.15, 0.2) is 66.9 Å². The molecule has 2 aromatic carbocycles. The number of nitrogens with zero attached hydrogens (tertiary/aromatic N) is 3. The highest BCUT2D eigenvalue weighted by molar-refractivity contribution is 5.66. The van der Waals surface area contributed by atoms with E-state index in [1.54, 1.807) is 10.7 Å². The lowest BCUT2D eigenvalue weighted by molar-refractivity contribution is 0.281. The number of aromatic nitrogens is 3. The van der Waals surface area contributed by atoms with E-state index < -0.39 is 0 Å². The largest absolute Gasteiger partial charge is 0.392 e. The number of hydrogen-bond donors (Lipinski definition) is 2. The number of hydrogen-bond acceptors (Lipinski definition) is 4. The molecule has 4 aromatic rings. The average molecular weight is 331 g/mol. The summed E-state index contributed by atoms with van der Waals surface area (Å²) in [5, 5.41) is 23.4. The molecule has 0 atom stereocenters. The Labute approximate surface area is 144 Å². The fourth-order valence-electron chi connectivity index (χ4n) is 2.88. The molecule has 0 amide bonds. The minimum atomic E-state index is -0.00277. The van der Waals surface area contributed by atoms with Gasteiger partial charge >= 0.3 is 0 Å². The quantitative estimate of drug-likeness (QED) is 0.603. The highest BCUT2D eigenvalue weighted by Crippen LogP contribution is 2.24. The zero-order chi connectivity index (χ0) is 17.2. The van der Waals surface area contributed by atoms with E-state index in [4.69, 9.17) is 5.10 Å². The van der Waals surface area contributed by atoms with E-state index in [0.717, 1.165) is 39.3 Å². The van der Waals surface area contributed by atoms with Crippen LogP contribution in [0, 0.1) is 0 Å². The van der Waals surface area contributed by atoms with Crippen molar-refractivity contribution >= 4 is 5.65 Å². The van der Waals surface area contributed by atoms with Crippen LogP contribution in [-0.4, -0.2) is 24.8 Å². The second-order valence-corrected chi connectivity index (χ2v) is 5.85. The van der Waals surface area contributed by atoms with Gasteiger partial charge in [-0.2, -0.15) is 5.10 Å². The standard InChI is InChI=1S/C20H17N3O2/c24-12-14-3-1-5-16(9-14)18-7-8-20-21-11-19(23(20)22-18)17-6-2-4-15(10-17)13-25/h1-11,24-25H,12-13H2. The molecule has 0 fully saturated rings. The van der Waals surface area contributed by atoms with Crippen molar-refractivity contribution in [1.29, 1.82) is 0 Å². The summed E-state index contributed by atoms with van der Waals surface area (Å²) in [5.74, 6) is 0. The van der Waals surface area contributed by atoms with Crippen LogP contribution in [0.4, 0.5) is 0 Å². The van der Waals surface area contributed by atoms with Gasteiger partial charge in [0.15, 0.2) is 5.65 Å². The first-order chi connectivity index (χ1) is 12.3. The predicted octanol–water partition coefficient (Wildman–Crippen LogP) is 3.05. The number of fused-ring (bicyclic) bond motifs is 1. The Kier molecular flexibility index (Phi) is 4.01. The van der Waals surface area contributed by atoms with Crippen LogP contribution in [0.5, 0.6) is 0 Å². The summed E-state index contributed by atoms with van der Waals surface area (Å²) in [4.78, 5) is 4.42. The van der Waals surface area contributed by atoms with E-state index in [1.165, 1.54) is 0 Å². The van der Waals surface area contributed by atoms with Crippen LogP contribution in [-0.2, 0) is 13.2 Å². The Hall–Kier alpha value is -3.02. The Balaban J connectivity index is 1.84. The van der Waals surface area contributed by atoms with Gasteiger partial charge in [-0.15, -0.1) is 0 Å². The lowest BCUT2D eigenvalue weighted by atomic mass is 10.1. The van der Waals surface area contributed by atoms with E-state index in [-0.39, 0.29) is 13.2 Å². The van der Waals surface area contributed by atoms with Gasteiger partial charge in [0.05, 0.1) is 30.8 Å². The minimum Gasteiger partial charge on any atom is -0.392 e. The molecule has 124 valence electrons. The fraction of sp³-hybridized carbons (Fsp3) is 0.100. The van der Waals surface area contributed by atoms with Crippen molar-refractivity contribution in [3.8, 4) is 22.5 Å². The summed E-state index contributed by atoms with van der Waals surface area (Å²) >= 11 is 0. The third-order valence-electron chi connectivity index (χ3n) is 4.17. The molecule has 0 unspecified atom stereocenters. The molecule has 25 heavy (non-hydrogen) atoms. The second kappa shape index (κ2) is 6.47. The summed E-state index contributed by atoms with van der Waals surface area (Å²) in [7, 11) is 0. The maximum atomic E-state index is 9.36. The third-order valence-corrected chi connectivity index (χ3v) is 4.17. The van der Waals surface area contributed by atoms with Crippen LogP contribution < -0.4 is 0 Å². The van der Waals surface area contributed by atoms with Crippen LogP contribution >= 0.6 is 0 Å². The summed E-state index contributed by atoms with van der Waals surface area (Å²) in [6, 6.07) is 19.2. The first kappa shape index (κ1) is 15.5. The molecule has 0 bridgehead atoms. The Morgan fingerprint density at radius 3 is 2.20 bits per heavy atom. The van der Waals surface area contributed by atoms with Crippen molar-refractivity contribution < 1.29 is 10.2 Å². The maximum Gasteiger partial charge on any atom is 0.154 e. The zero-order valence-corrected chi connectivity index (χ0v) is 13.5. The molecule has 0 saturated carbocycles. The predicted molar refractivity (Wildman–Crippen MR) is 95.7 cm³/mol. The minimum absolute atomic E-state index is 0.000359. The molecule has 4 rings (SSSR count). The molecule has 0 saturated heterocycles. The first-order valence-corrected chi connectivity index (χ1v) is 8.03. The highest BCUT2D eigenvalue weighted by atomic mass is 16.3. The van der Waals surface area contributed by atoms with E-state index in [1.807, 2.05) is 60.7 Å². The molecule has 2 aromatic heterocycles. The van der Waals surface area contributed by atoms with Crippen molar-refractivity contribution in [2.24, 2.45) is 0 Å². The van der Waals surface area contributed by atoms with Crippen molar-refractivity contribution in [2.45, 2.75) is 13.2 Å². The van der Waals surface area contributed by atoms with Crippen molar-refractivity contribution in [2.75, 3.05) is 0 Å². The van der Waals surface area contributed by atoms with Gasteiger partial charge in [0, 0.05) is 11.1 Å². The van der Waals surface area contributed by atoms with Gasteiger partial charge in [-0.1, -0.05) is 36.4 Å². The van der Waals surface area contributed by atoms with E-state index in [9.17, 15) is 10.2 Å². The summed E-state index contributed by atoms with van der Waals surface area (Å²) in [6.45, 7) is -0.00241. The van der Waals surface area contributed by atoms with Gasteiger partial charge in [0.1, 0.15) is 0 Å². The highest BCUT2D eigenvalue weighted by Gasteiger charge is 2.10.